The van der Waals surface area contributed by atoms with Gasteiger partial charge in [-0.2, -0.15) is 5.10 Å². The summed E-state index contributed by atoms with van der Waals surface area (Å²) < 4.78 is 0. The Kier molecular flexibility index (Phi) is 4.04. The largest absolute Gasteiger partial charge is 0.265 e. The van der Waals surface area contributed by atoms with Gasteiger partial charge in [0.25, 0.3) is 0 Å². The third-order valence-electron chi connectivity index (χ3n) is 3.98. The van der Waals surface area contributed by atoms with E-state index in [-0.39, 0.29) is 0 Å². The Morgan fingerprint density at radius 2 is 1.64 bits per heavy atom. The van der Waals surface area contributed by atoms with Gasteiger partial charge in [0.2, 0.25) is 0 Å². The van der Waals surface area contributed by atoms with Crippen LogP contribution in [0.5, 0.6) is 0 Å². The van der Waals surface area contributed by atoms with Crippen LogP contribution in [0.1, 0.15) is 22.3 Å². The molecule has 1 aliphatic heterocycles. The van der Waals surface area contributed by atoms with E-state index in [1.165, 1.54) is 0 Å². The first-order valence-corrected chi connectivity index (χ1v) is 8.28. The molecule has 25 heavy (non-hydrogen) atoms. The Morgan fingerprint density at radius 1 is 0.880 bits per heavy atom. The number of aromatic nitrogens is 1. The van der Waals surface area contributed by atoms with Crippen molar-refractivity contribution in [1.82, 2.24) is 10.4 Å². The minimum Gasteiger partial charge on any atom is -0.265 e. The highest BCUT2D eigenvalue weighted by Crippen LogP contribution is 2.26. The number of aryl methyl sites for hydroxylation is 1. The van der Waals surface area contributed by atoms with Crippen LogP contribution in [0, 0.1) is 6.92 Å². The minimum atomic E-state index is 0.686. The molecule has 0 aliphatic carbocycles. The number of nitrogens with one attached hydrogen (secondary N) is 1. The van der Waals surface area contributed by atoms with Gasteiger partial charge in [0.05, 0.1) is 5.69 Å². The Hall–Kier alpha value is -2.98. The molecule has 1 N–H and O–H groups in total. The van der Waals surface area contributed by atoms with Gasteiger partial charge < -0.3 is 0 Å². The van der Waals surface area contributed by atoms with Crippen LogP contribution in [-0.2, 0) is 0 Å². The van der Waals surface area contributed by atoms with E-state index in [1.807, 2.05) is 42.5 Å². The Labute approximate surface area is 150 Å². The van der Waals surface area contributed by atoms with Crippen molar-refractivity contribution in [3.8, 4) is 0 Å². The molecule has 5 heteroatoms. The van der Waals surface area contributed by atoms with Gasteiger partial charge >= 0.3 is 0 Å². The molecule has 0 amide bonds. The number of rotatable bonds is 2. The predicted octanol–water partition coefficient (Wildman–Crippen LogP) is 4.48. The molecule has 0 spiro atoms. The Balaban J connectivity index is 1.87. The second kappa shape index (κ2) is 6.49. The van der Waals surface area contributed by atoms with Crippen LogP contribution in [0.2, 0.25) is 5.02 Å². The molecule has 2 heterocycles. The number of hydrazone groups is 1. The van der Waals surface area contributed by atoms with E-state index >= 15 is 0 Å². The summed E-state index contributed by atoms with van der Waals surface area (Å²) in [5, 5.41) is 5.32. The SMILES string of the molecule is Cc1ccc2c(c1)C(c1ccncc1)=NNC(c1ccc(Cl)cc1)=N2. The molecule has 0 atom stereocenters. The lowest BCUT2D eigenvalue weighted by atomic mass is 10.00. The van der Waals surface area contributed by atoms with Crippen molar-refractivity contribution in [3.05, 3.63) is 94.3 Å². The van der Waals surface area contributed by atoms with E-state index in [4.69, 9.17) is 16.6 Å². The van der Waals surface area contributed by atoms with E-state index < -0.39 is 0 Å². The molecule has 4 nitrogen and oxygen atoms in total. The Bertz CT molecular complexity index is 976. The molecule has 0 saturated heterocycles. The summed E-state index contributed by atoms with van der Waals surface area (Å²) in [7, 11) is 0. The molecule has 0 fully saturated rings. The lowest BCUT2D eigenvalue weighted by Gasteiger charge is -2.08. The molecular weight excluding hydrogens is 332 g/mol. The molecule has 0 radical (unpaired) electrons. The standard InChI is InChI=1S/C20H15ClN4/c1-13-2-7-18-17(12-13)19(14-8-10-22-11-9-14)24-25-20(23-18)15-3-5-16(21)6-4-15/h2-12H,1H3,(H,23,25). The highest BCUT2D eigenvalue weighted by atomic mass is 35.5. The number of hydrogen-bond acceptors (Lipinski definition) is 4. The van der Waals surface area contributed by atoms with Gasteiger partial charge in [0.15, 0.2) is 5.84 Å². The van der Waals surface area contributed by atoms with Crippen LogP contribution in [0.4, 0.5) is 5.69 Å². The topological polar surface area (TPSA) is 49.6 Å². The predicted molar refractivity (Wildman–Crippen MR) is 102 cm³/mol. The van der Waals surface area contributed by atoms with E-state index in [0.29, 0.717) is 10.9 Å². The average molecular weight is 347 g/mol. The lowest BCUT2D eigenvalue weighted by molar-refractivity contribution is 1.03. The average Bonchev–Trinajstić information content (AvgIpc) is 2.82. The van der Waals surface area contributed by atoms with Crippen LogP contribution < -0.4 is 5.43 Å². The van der Waals surface area contributed by atoms with E-state index in [9.17, 15) is 0 Å². The maximum absolute atomic E-state index is 5.99. The smallest absolute Gasteiger partial charge is 0.154 e. The van der Waals surface area contributed by atoms with Gasteiger partial charge in [0, 0.05) is 34.1 Å². The molecule has 122 valence electrons. The van der Waals surface area contributed by atoms with Crippen molar-refractivity contribution >= 4 is 28.8 Å². The van der Waals surface area contributed by atoms with Gasteiger partial charge in [-0.3, -0.25) is 10.4 Å². The van der Waals surface area contributed by atoms with Crippen molar-refractivity contribution in [3.63, 3.8) is 0 Å². The molecule has 4 rings (SSSR count). The van der Waals surface area contributed by atoms with Gasteiger partial charge in [-0.15, -0.1) is 0 Å². The van der Waals surface area contributed by atoms with E-state index in [0.717, 1.165) is 33.7 Å². The molecular formula is C20H15ClN4. The first kappa shape index (κ1) is 15.5. The molecule has 2 aromatic carbocycles. The van der Waals surface area contributed by atoms with Crippen molar-refractivity contribution < 1.29 is 0 Å². The van der Waals surface area contributed by atoms with Crippen LogP contribution in [-0.4, -0.2) is 16.5 Å². The monoisotopic (exact) mass is 346 g/mol. The summed E-state index contributed by atoms with van der Waals surface area (Å²) >= 11 is 5.99. The van der Waals surface area contributed by atoms with Gasteiger partial charge in [0.1, 0.15) is 5.71 Å². The fourth-order valence-corrected chi connectivity index (χ4v) is 2.84. The third-order valence-corrected chi connectivity index (χ3v) is 4.24. The zero-order valence-electron chi connectivity index (χ0n) is 13.6. The summed E-state index contributed by atoms with van der Waals surface area (Å²) in [6.45, 7) is 2.06. The van der Waals surface area contributed by atoms with E-state index in [1.54, 1.807) is 12.4 Å². The number of halogens is 1. The number of fused-ring (bicyclic) bond motifs is 1. The maximum Gasteiger partial charge on any atom is 0.154 e. The molecule has 0 saturated carbocycles. The van der Waals surface area contributed by atoms with E-state index in [2.05, 4.69) is 34.6 Å². The Morgan fingerprint density at radius 3 is 2.40 bits per heavy atom. The van der Waals surface area contributed by atoms with Crippen LogP contribution in [0.3, 0.4) is 0 Å². The number of amidine groups is 1. The number of nitrogens with zero attached hydrogens (tertiary/aromatic N) is 3. The minimum absolute atomic E-state index is 0.686. The van der Waals surface area contributed by atoms with Crippen LogP contribution >= 0.6 is 11.6 Å². The summed E-state index contributed by atoms with van der Waals surface area (Å²) in [5.74, 6) is 0.686. The van der Waals surface area contributed by atoms with Gasteiger partial charge in [-0.25, -0.2) is 4.99 Å². The highest BCUT2D eigenvalue weighted by Gasteiger charge is 2.17. The highest BCUT2D eigenvalue weighted by molar-refractivity contribution is 6.30. The number of aliphatic imine (C=N–C) groups is 1. The van der Waals surface area contributed by atoms with Gasteiger partial charge in [-0.1, -0.05) is 23.2 Å². The summed E-state index contributed by atoms with van der Waals surface area (Å²) in [6.07, 6.45) is 3.53. The number of hydrogen-bond donors (Lipinski definition) is 1. The van der Waals surface area contributed by atoms with Crippen LogP contribution in [0.25, 0.3) is 0 Å². The first-order valence-electron chi connectivity index (χ1n) is 7.90. The third kappa shape index (κ3) is 3.16. The summed E-state index contributed by atoms with van der Waals surface area (Å²) in [5.41, 5.74) is 8.88. The lowest BCUT2D eigenvalue weighted by Crippen LogP contribution is -2.19. The molecule has 1 aromatic heterocycles. The fourth-order valence-electron chi connectivity index (χ4n) is 2.72. The van der Waals surface area contributed by atoms with Crippen molar-refractivity contribution in [2.75, 3.05) is 0 Å². The molecule has 1 aliphatic rings. The number of pyridine rings is 1. The first-order chi connectivity index (χ1) is 12.2. The second-order valence-corrected chi connectivity index (χ2v) is 6.23. The van der Waals surface area contributed by atoms with Gasteiger partial charge in [-0.05, 0) is 55.5 Å². The van der Waals surface area contributed by atoms with Crippen LogP contribution in [0.15, 0.2) is 77.1 Å². The molecule has 0 unspecified atom stereocenters. The quantitative estimate of drug-likeness (QED) is 0.743. The molecule has 3 aromatic rings. The fraction of sp³-hybridized carbons (Fsp3) is 0.0500. The van der Waals surface area contributed by atoms with Crippen molar-refractivity contribution in [1.29, 1.82) is 0 Å². The molecule has 0 bridgehead atoms. The maximum atomic E-state index is 5.99. The normalized spacial score (nSPS) is 13.2. The summed E-state index contributed by atoms with van der Waals surface area (Å²) in [4.78, 5) is 8.88. The van der Waals surface area contributed by atoms with Crippen molar-refractivity contribution in [2.45, 2.75) is 6.92 Å². The second-order valence-electron chi connectivity index (χ2n) is 5.80. The zero-order chi connectivity index (χ0) is 17.2. The number of benzene rings is 2. The zero-order valence-corrected chi connectivity index (χ0v) is 14.3. The summed E-state index contributed by atoms with van der Waals surface area (Å²) in [6, 6.07) is 17.6. The van der Waals surface area contributed by atoms with Crippen molar-refractivity contribution in [2.24, 2.45) is 10.1 Å².